The fraction of sp³-hybridized carbons (Fsp3) is 0.0833. The highest BCUT2D eigenvalue weighted by Gasteiger charge is 2.12. The molecule has 9 heteroatoms. The van der Waals surface area contributed by atoms with Crippen LogP contribution < -0.4 is 16.6 Å². The van der Waals surface area contributed by atoms with E-state index in [1.54, 1.807) is 6.07 Å². The summed E-state index contributed by atoms with van der Waals surface area (Å²) in [4.78, 5) is 14.5. The van der Waals surface area contributed by atoms with Crippen molar-refractivity contribution in [2.75, 3.05) is 10.7 Å². The average molecular weight is 373 g/mol. The number of benzene rings is 1. The van der Waals surface area contributed by atoms with Crippen molar-refractivity contribution >= 4 is 50.5 Å². The summed E-state index contributed by atoms with van der Waals surface area (Å²) in [5.41, 5.74) is 3.71. The Morgan fingerprint density at radius 1 is 1.33 bits per heavy atom. The molecular weight excluding hydrogens is 362 g/mol. The van der Waals surface area contributed by atoms with Gasteiger partial charge in [0.25, 0.3) is 5.69 Å². The van der Waals surface area contributed by atoms with Crippen LogP contribution in [0, 0.1) is 17.0 Å². The molecule has 0 unspecified atom stereocenters. The maximum absolute atomic E-state index is 10.9. The van der Waals surface area contributed by atoms with Crippen molar-refractivity contribution in [1.82, 2.24) is 4.98 Å². The van der Waals surface area contributed by atoms with Gasteiger partial charge in [-0.15, -0.1) is 0 Å². The number of anilines is 3. The van der Waals surface area contributed by atoms with Crippen LogP contribution in [-0.4, -0.2) is 9.91 Å². The van der Waals surface area contributed by atoms with E-state index < -0.39 is 4.92 Å². The fourth-order valence-electron chi connectivity index (χ4n) is 1.64. The van der Waals surface area contributed by atoms with Gasteiger partial charge in [-0.25, -0.2) is 10.8 Å². The molecule has 2 rings (SSSR count). The Balaban J connectivity index is 2.41. The van der Waals surface area contributed by atoms with Gasteiger partial charge >= 0.3 is 0 Å². The van der Waals surface area contributed by atoms with E-state index in [0.29, 0.717) is 10.7 Å². The molecule has 0 fully saturated rings. The molecule has 21 heavy (non-hydrogen) atoms. The summed E-state index contributed by atoms with van der Waals surface area (Å²) in [5, 5.41) is 14.4. The first-order valence-corrected chi connectivity index (χ1v) is 6.93. The predicted octanol–water partition coefficient (Wildman–Crippen LogP) is 3.74. The van der Waals surface area contributed by atoms with Crippen molar-refractivity contribution in [2.24, 2.45) is 5.84 Å². The number of rotatable bonds is 4. The van der Waals surface area contributed by atoms with Crippen LogP contribution in [0.2, 0.25) is 5.02 Å². The van der Waals surface area contributed by atoms with Crippen LogP contribution in [0.5, 0.6) is 0 Å². The van der Waals surface area contributed by atoms with Gasteiger partial charge in [0.2, 0.25) is 0 Å². The van der Waals surface area contributed by atoms with Gasteiger partial charge < -0.3 is 10.7 Å². The molecule has 0 amide bonds. The number of nitro groups is 1. The van der Waals surface area contributed by atoms with Crippen LogP contribution in [0.4, 0.5) is 23.0 Å². The van der Waals surface area contributed by atoms with Crippen molar-refractivity contribution in [3.8, 4) is 0 Å². The Labute approximate surface area is 133 Å². The van der Waals surface area contributed by atoms with Crippen LogP contribution in [0.25, 0.3) is 0 Å². The maximum Gasteiger partial charge on any atom is 0.276 e. The van der Waals surface area contributed by atoms with Gasteiger partial charge in [-0.3, -0.25) is 10.1 Å². The summed E-state index contributed by atoms with van der Waals surface area (Å²) in [6.07, 6.45) is 0. The summed E-state index contributed by atoms with van der Waals surface area (Å²) in [5.74, 6) is 5.72. The Bertz CT molecular complexity index is 710. The largest absolute Gasteiger partial charge is 0.339 e. The number of aromatic nitrogens is 1. The molecule has 110 valence electrons. The summed E-state index contributed by atoms with van der Waals surface area (Å²) < 4.78 is 0.764. The number of hydrogen-bond donors (Lipinski definition) is 3. The Morgan fingerprint density at radius 2 is 2.00 bits per heavy atom. The van der Waals surface area contributed by atoms with Crippen LogP contribution >= 0.6 is 27.5 Å². The zero-order valence-electron chi connectivity index (χ0n) is 10.9. The molecule has 4 N–H and O–H groups in total. The molecule has 0 aliphatic rings. The third-order valence-corrected chi connectivity index (χ3v) is 3.74. The molecule has 0 spiro atoms. The topological polar surface area (TPSA) is 106 Å². The highest BCUT2D eigenvalue weighted by molar-refractivity contribution is 9.10. The van der Waals surface area contributed by atoms with Crippen LogP contribution in [0.15, 0.2) is 28.7 Å². The quantitative estimate of drug-likeness (QED) is 0.429. The number of aryl methyl sites for hydroxylation is 1. The van der Waals surface area contributed by atoms with Gasteiger partial charge in [0.1, 0.15) is 11.6 Å². The Hall–Kier alpha value is -1.90. The van der Waals surface area contributed by atoms with Crippen molar-refractivity contribution in [1.29, 1.82) is 0 Å². The zero-order chi connectivity index (χ0) is 15.6. The molecule has 2 aromatic rings. The third-order valence-electron chi connectivity index (χ3n) is 2.68. The van der Waals surface area contributed by atoms with Crippen LogP contribution in [0.1, 0.15) is 5.56 Å². The number of hydrogen-bond acceptors (Lipinski definition) is 6. The van der Waals surface area contributed by atoms with Crippen molar-refractivity contribution in [2.45, 2.75) is 6.92 Å². The second-order valence-corrected chi connectivity index (χ2v) is 5.47. The average Bonchev–Trinajstić information content (AvgIpc) is 2.44. The van der Waals surface area contributed by atoms with Gasteiger partial charge in [-0.1, -0.05) is 11.6 Å². The number of nitrogens with zero attached hydrogens (tertiary/aromatic N) is 2. The number of nitrogens with two attached hydrogens (primary N) is 1. The zero-order valence-corrected chi connectivity index (χ0v) is 13.2. The number of nitrogen functional groups attached to an aromatic ring is 1. The molecule has 0 aliphatic heterocycles. The first kappa shape index (κ1) is 15.5. The molecule has 1 heterocycles. The number of nitrogens with one attached hydrogen (secondary N) is 2. The maximum atomic E-state index is 10.9. The summed E-state index contributed by atoms with van der Waals surface area (Å²) in [7, 11) is 0. The molecule has 7 nitrogen and oxygen atoms in total. The lowest BCUT2D eigenvalue weighted by Crippen LogP contribution is -2.10. The van der Waals surface area contributed by atoms with E-state index in [1.165, 1.54) is 12.1 Å². The summed E-state index contributed by atoms with van der Waals surface area (Å²) >= 11 is 9.47. The molecule has 0 saturated carbocycles. The number of pyridine rings is 1. The predicted molar refractivity (Wildman–Crippen MR) is 85.9 cm³/mol. The van der Waals surface area contributed by atoms with Crippen molar-refractivity contribution < 1.29 is 4.92 Å². The van der Waals surface area contributed by atoms with Crippen molar-refractivity contribution in [3.05, 3.63) is 49.4 Å². The smallest absolute Gasteiger partial charge is 0.276 e. The highest BCUT2D eigenvalue weighted by Crippen LogP contribution is 2.32. The van der Waals surface area contributed by atoms with Crippen molar-refractivity contribution in [3.63, 3.8) is 0 Å². The van der Waals surface area contributed by atoms with Gasteiger partial charge in [0.15, 0.2) is 0 Å². The fourth-order valence-corrected chi connectivity index (χ4v) is 2.36. The lowest BCUT2D eigenvalue weighted by Gasteiger charge is -2.11. The number of halogens is 2. The lowest BCUT2D eigenvalue weighted by atomic mass is 10.2. The monoisotopic (exact) mass is 371 g/mol. The first-order chi connectivity index (χ1) is 9.90. The second kappa shape index (κ2) is 6.25. The standard InChI is InChI=1S/C12H11BrClN5O2/c1-6-2-8(13)10(5-9(6)14)16-11-3-7(19(20)21)4-12(17-11)18-15/h2-5H,15H2,1H3,(H2,16,17,18). The van der Waals surface area contributed by atoms with E-state index in [-0.39, 0.29) is 17.3 Å². The minimum absolute atomic E-state index is 0.130. The first-order valence-electron chi connectivity index (χ1n) is 5.76. The molecule has 0 saturated heterocycles. The molecular formula is C12H11BrClN5O2. The van der Waals surface area contributed by atoms with Gasteiger partial charge in [-0.05, 0) is 40.5 Å². The third kappa shape index (κ3) is 3.60. The van der Waals surface area contributed by atoms with Gasteiger partial charge in [0, 0.05) is 9.50 Å². The molecule has 0 bridgehead atoms. The highest BCUT2D eigenvalue weighted by atomic mass is 79.9. The normalized spacial score (nSPS) is 10.3. The molecule has 0 atom stereocenters. The van der Waals surface area contributed by atoms with Crippen LogP contribution in [0.3, 0.4) is 0 Å². The van der Waals surface area contributed by atoms with E-state index in [9.17, 15) is 10.1 Å². The number of hydrazine groups is 1. The Kier molecular flexibility index (Phi) is 4.61. The minimum Gasteiger partial charge on any atom is -0.339 e. The van der Waals surface area contributed by atoms with E-state index in [0.717, 1.165) is 10.0 Å². The molecule has 1 aromatic heterocycles. The lowest BCUT2D eigenvalue weighted by molar-refractivity contribution is -0.384. The molecule has 0 radical (unpaired) electrons. The van der Waals surface area contributed by atoms with E-state index >= 15 is 0 Å². The van der Waals surface area contributed by atoms with Gasteiger partial charge in [0.05, 0.1) is 22.7 Å². The van der Waals surface area contributed by atoms with E-state index in [2.05, 4.69) is 31.7 Å². The van der Waals surface area contributed by atoms with Gasteiger partial charge in [-0.2, -0.15) is 0 Å². The van der Waals surface area contributed by atoms with E-state index in [1.807, 2.05) is 13.0 Å². The Morgan fingerprint density at radius 3 is 2.62 bits per heavy atom. The minimum atomic E-state index is -0.523. The van der Waals surface area contributed by atoms with Crippen LogP contribution in [-0.2, 0) is 0 Å². The SMILES string of the molecule is Cc1cc(Br)c(Nc2cc([N+](=O)[O-])cc(NN)n2)cc1Cl. The molecule has 0 aliphatic carbocycles. The second-order valence-electron chi connectivity index (χ2n) is 4.20. The molecule has 1 aromatic carbocycles. The summed E-state index contributed by atoms with van der Waals surface area (Å²) in [6, 6.07) is 6.09. The van der Waals surface area contributed by atoms with E-state index in [4.69, 9.17) is 17.4 Å². The summed E-state index contributed by atoms with van der Waals surface area (Å²) in [6.45, 7) is 1.87.